The molecule has 7 nitrogen and oxygen atoms in total. The molecule has 0 radical (unpaired) electrons. The maximum atomic E-state index is 12.5. The molecule has 1 unspecified atom stereocenters. The van der Waals surface area contributed by atoms with Crippen molar-refractivity contribution in [1.29, 1.82) is 0 Å². The van der Waals surface area contributed by atoms with Crippen LogP contribution < -0.4 is 10.2 Å². The van der Waals surface area contributed by atoms with Crippen LogP contribution >= 0.6 is 0 Å². The number of anilines is 1. The van der Waals surface area contributed by atoms with Crippen LogP contribution in [-0.2, 0) is 16.1 Å². The molecule has 0 bridgehead atoms. The highest BCUT2D eigenvalue weighted by atomic mass is 16.5. The van der Waals surface area contributed by atoms with Crippen LogP contribution in [0.2, 0.25) is 0 Å². The first-order valence-corrected chi connectivity index (χ1v) is 8.99. The van der Waals surface area contributed by atoms with Gasteiger partial charge in [0.2, 0.25) is 17.7 Å². The van der Waals surface area contributed by atoms with E-state index in [0.717, 1.165) is 35.5 Å². The molecule has 4 rings (SSSR count). The Morgan fingerprint density at radius 1 is 1.35 bits per heavy atom. The minimum Gasteiger partial charge on any atom is -0.347 e. The third kappa shape index (κ3) is 3.21. The van der Waals surface area contributed by atoms with Crippen LogP contribution in [0.3, 0.4) is 0 Å². The molecule has 2 amide bonds. The van der Waals surface area contributed by atoms with Crippen LogP contribution in [0.15, 0.2) is 22.7 Å². The van der Waals surface area contributed by atoms with E-state index >= 15 is 0 Å². The summed E-state index contributed by atoms with van der Waals surface area (Å²) >= 11 is 0. The van der Waals surface area contributed by atoms with Gasteiger partial charge in [-0.3, -0.25) is 9.59 Å². The highest BCUT2D eigenvalue weighted by molar-refractivity contribution is 6.00. The van der Waals surface area contributed by atoms with Crippen LogP contribution in [0.1, 0.15) is 48.0 Å². The third-order valence-corrected chi connectivity index (χ3v) is 5.20. The van der Waals surface area contributed by atoms with Crippen LogP contribution in [0.4, 0.5) is 5.69 Å². The number of benzene rings is 1. The second-order valence-electron chi connectivity index (χ2n) is 7.16. The van der Waals surface area contributed by atoms with Gasteiger partial charge >= 0.3 is 0 Å². The SMILES string of the molecule is Cc1cccc(N2CC(C(=O)NCc3nc(C4CC4)no3)CC2=O)c1C. The Kier molecular flexibility index (Phi) is 4.22. The van der Waals surface area contributed by atoms with Gasteiger partial charge in [-0.1, -0.05) is 17.3 Å². The molecule has 1 aliphatic carbocycles. The molecule has 1 aromatic heterocycles. The molecule has 2 fully saturated rings. The van der Waals surface area contributed by atoms with Crippen LogP contribution in [0.5, 0.6) is 0 Å². The Hall–Kier alpha value is -2.70. The van der Waals surface area contributed by atoms with Gasteiger partial charge in [-0.15, -0.1) is 0 Å². The molecule has 1 aliphatic heterocycles. The topological polar surface area (TPSA) is 88.3 Å². The molecule has 7 heteroatoms. The lowest BCUT2D eigenvalue weighted by atomic mass is 10.1. The molecule has 1 saturated heterocycles. The quantitative estimate of drug-likeness (QED) is 0.889. The van der Waals surface area contributed by atoms with Gasteiger partial charge in [0, 0.05) is 24.6 Å². The predicted molar refractivity (Wildman–Crippen MR) is 94.5 cm³/mol. The van der Waals surface area contributed by atoms with Crippen molar-refractivity contribution in [2.45, 2.75) is 45.6 Å². The number of aromatic nitrogens is 2. The van der Waals surface area contributed by atoms with E-state index in [1.54, 1.807) is 4.90 Å². The van der Waals surface area contributed by atoms with Crippen molar-refractivity contribution < 1.29 is 14.1 Å². The van der Waals surface area contributed by atoms with Gasteiger partial charge in [0.1, 0.15) is 0 Å². The number of carbonyl (C=O) groups excluding carboxylic acids is 2. The second kappa shape index (κ2) is 6.55. The van der Waals surface area contributed by atoms with E-state index < -0.39 is 0 Å². The predicted octanol–water partition coefficient (Wildman–Crippen LogP) is 2.23. The zero-order chi connectivity index (χ0) is 18.3. The Morgan fingerprint density at radius 2 is 2.15 bits per heavy atom. The molecule has 2 aromatic rings. The number of carbonyl (C=O) groups is 2. The first kappa shape index (κ1) is 16.8. The molecular formula is C19H22N4O3. The molecule has 2 aliphatic rings. The normalized spacial score (nSPS) is 19.8. The van der Waals surface area contributed by atoms with Gasteiger partial charge in [-0.2, -0.15) is 4.98 Å². The van der Waals surface area contributed by atoms with Crippen LogP contribution in [0, 0.1) is 19.8 Å². The summed E-state index contributed by atoms with van der Waals surface area (Å²) in [6.45, 7) is 4.61. The van der Waals surface area contributed by atoms with Crippen molar-refractivity contribution in [3.8, 4) is 0 Å². The summed E-state index contributed by atoms with van der Waals surface area (Å²) in [6, 6.07) is 5.88. The lowest BCUT2D eigenvalue weighted by Crippen LogP contribution is -2.32. The Bertz CT molecular complexity index is 856. The molecule has 0 spiro atoms. The van der Waals surface area contributed by atoms with Crippen molar-refractivity contribution in [2.75, 3.05) is 11.4 Å². The fraction of sp³-hybridized carbons (Fsp3) is 0.474. The summed E-state index contributed by atoms with van der Waals surface area (Å²) in [6.07, 6.45) is 2.42. The number of amides is 2. The molecule has 26 heavy (non-hydrogen) atoms. The number of nitrogens with zero attached hydrogens (tertiary/aromatic N) is 3. The Balaban J connectivity index is 1.38. The summed E-state index contributed by atoms with van der Waals surface area (Å²) < 4.78 is 5.17. The highest BCUT2D eigenvalue weighted by Gasteiger charge is 2.36. The number of rotatable bonds is 5. The fourth-order valence-electron chi connectivity index (χ4n) is 3.30. The minimum absolute atomic E-state index is 0.0207. The van der Waals surface area contributed by atoms with Crippen LogP contribution in [0.25, 0.3) is 0 Å². The fourth-order valence-corrected chi connectivity index (χ4v) is 3.30. The number of aryl methyl sites for hydroxylation is 1. The van der Waals surface area contributed by atoms with E-state index in [9.17, 15) is 9.59 Å². The lowest BCUT2D eigenvalue weighted by molar-refractivity contribution is -0.126. The number of nitrogens with one attached hydrogen (secondary N) is 1. The Morgan fingerprint density at radius 3 is 2.92 bits per heavy atom. The minimum atomic E-state index is -0.367. The van der Waals surface area contributed by atoms with E-state index in [1.807, 2.05) is 32.0 Å². The van der Waals surface area contributed by atoms with E-state index in [-0.39, 0.29) is 30.7 Å². The first-order valence-electron chi connectivity index (χ1n) is 8.99. The zero-order valence-corrected chi connectivity index (χ0v) is 15.0. The largest absolute Gasteiger partial charge is 0.347 e. The maximum absolute atomic E-state index is 12.5. The summed E-state index contributed by atoms with van der Waals surface area (Å²) in [5, 5.41) is 6.75. The summed E-state index contributed by atoms with van der Waals surface area (Å²) in [4.78, 5) is 30.9. The van der Waals surface area contributed by atoms with Crippen molar-refractivity contribution in [3.05, 3.63) is 41.0 Å². The van der Waals surface area contributed by atoms with Gasteiger partial charge in [-0.25, -0.2) is 0 Å². The number of hydrogen-bond acceptors (Lipinski definition) is 5. The molecule has 2 heterocycles. The molecule has 1 N–H and O–H groups in total. The van der Waals surface area contributed by atoms with Gasteiger partial charge in [0.15, 0.2) is 5.82 Å². The average Bonchev–Trinajstić information content (AvgIpc) is 3.24. The number of hydrogen-bond donors (Lipinski definition) is 1. The highest BCUT2D eigenvalue weighted by Crippen LogP contribution is 2.38. The zero-order valence-electron chi connectivity index (χ0n) is 15.0. The second-order valence-corrected chi connectivity index (χ2v) is 7.16. The molecule has 136 valence electrons. The van der Waals surface area contributed by atoms with Gasteiger partial charge < -0.3 is 14.7 Å². The molecular weight excluding hydrogens is 332 g/mol. The van der Waals surface area contributed by atoms with E-state index in [2.05, 4.69) is 15.5 Å². The summed E-state index contributed by atoms with van der Waals surface area (Å²) in [5.41, 5.74) is 3.09. The van der Waals surface area contributed by atoms with E-state index in [0.29, 0.717) is 18.4 Å². The van der Waals surface area contributed by atoms with E-state index in [1.165, 1.54) is 0 Å². The Labute approximate surface area is 151 Å². The summed E-state index contributed by atoms with van der Waals surface area (Å²) in [7, 11) is 0. The monoisotopic (exact) mass is 354 g/mol. The smallest absolute Gasteiger partial charge is 0.246 e. The van der Waals surface area contributed by atoms with E-state index in [4.69, 9.17) is 4.52 Å². The van der Waals surface area contributed by atoms with Crippen molar-refractivity contribution >= 4 is 17.5 Å². The molecule has 1 aromatic carbocycles. The average molecular weight is 354 g/mol. The van der Waals surface area contributed by atoms with Crippen molar-refractivity contribution in [3.63, 3.8) is 0 Å². The molecule has 1 atom stereocenters. The van der Waals surface area contributed by atoms with Gasteiger partial charge in [0.05, 0.1) is 12.5 Å². The maximum Gasteiger partial charge on any atom is 0.246 e. The lowest BCUT2D eigenvalue weighted by Gasteiger charge is -2.20. The van der Waals surface area contributed by atoms with Gasteiger partial charge in [-0.05, 0) is 43.9 Å². The first-order chi connectivity index (χ1) is 12.5. The standard InChI is InChI=1S/C19H22N4O3/c1-11-4-3-5-15(12(11)2)23-10-14(8-17(23)24)19(25)20-9-16-21-18(22-26-16)13-6-7-13/h3-5,13-14H,6-10H2,1-2H3,(H,20,25). The van der Waals surface area contributed by atoms with Crippen molar-refractivity contribution in [1.82, 2.24) is 15.5 Å². The van der Waals surface area contributed by atoms with Crippen molar-refractivity contribution in [2.24, 2.45) is 5.92 Å². The molecule has 1 saturated carbocycles. The summed E-state index contributed by atoms with van der Waals surface area (Å²) in [5.74, 6) is 1.02. The van der Waals surface area contributed by atoms with Crippen LogP contribution in [-0.4, -0.2) is 28.5 Å². The third-order valence-electron chi connectivity index (χ3n) is 5.20. The van der Waals surface area contributed by atoms with Gasteiger partial charge in [0.25, 0.3) is 0 Å².